The predicted molar refractivity (Wildman–Crippen MR) is 48.4 cm³/mol. The largest absolute Gasteiger partial charge is 0.389 e. The summed E-state index contributed by atoms with van der Waals surface area (Å²) >= 11 is 3.40. The molecule has 1 aromatic carbocycles. The molecule has 3 heteroatoms. The van der Waals surface area contributed by atoms with E-state index in [1.54, 1.807) is 6.07 Å². The Bertz CT molecular complexity index is 326. The molecule has 11 heavy (non-hydrogen) atoms. The molecule has 56 valence electrons. The fraction of sp³-hybridized carbons (Fsp3) is 0.250. The first-order valence-corrected chi connectivity index (χ1v) is 4.07. The zero-order chi connectivity index (χ0) is 8.43. The molecule has 2 nitrogen and oxygen atoms in total. The molecule has 1 aromatic rings. The molecular formula is C8H8BrN2+. The molecule has 1 rings (SSSR count). The average molecular weight is 212 g/mol. The molecular weight excluding hydrogens is 204 g/mol. The van der Waals surface area contributed by atoms with E-state index in [1.807, 2.05) is 19.9 Å². The third-order valence-corrected chi connectivity index (χ3v) is 2.88. The summed E-state index contributed by atoms with van der Waals surface area (Å²) in [6.07, 6.45) is 0. The van der Waals surface area contributed by atoms with Crippen LogP contribution in [0, 0.1) is 19.2 Å². The molecule has 0 N–H and O–H groups in total. The maximum atomic E-state index is 8.54. The van der Waals surface area contributed by atoms with Gasteiger partial charge in [-0.3, -0.25) is 0 Å². The van der Waals surface area contributed by atoms with Crippen LogP contribution in [0.2, 0.25) is 0 Å². The van der Waals surface area contributed by atoms with Gasteiger partial charge in [-0.2, -0.15) is 0 Å². The molecule has 0 spiro atoms. The zero-order valence-electron chi connectivity index (χ0n) is 6.43. The van der Waals surface area contributed by atoms with Gasteiger partial charge in [0.2, 0.25) is 5.39 Å². The number of benzene rings is 1. The monoisotopic (exact) mass is 211 g/mol. The van der Waals surface area contributed by atoms with E-state index in [-0.39, 0.29) is 0 Å². The van der Waals surface area contributed by atoms with Crippen molar-refractivity contribution < 1.29 is 0 Å². The molecule has 0 fully saturated rings. The van der Waals surface area contributed by atoms with Gasteiger partial charge in [0.15, 0.2) is 4.98 Å². The van der Waals surface area contributed by atoms with Crippen molar-refractivity contribution >= 4 is 21.6 Å². The van der Waals surface area contributed by atoms with Crippen LogP contribution in [0.25, 0.3) is 4.98 Å². The van der Waals surface area contributed by atoms with Crippen molar-refractivity contribution in [2.75, 3.05) is 0 Å². The van der Waals surface area contributed by atoms with Crippen LogP contribution in [-0.4, -0.2) is 0 Å². The van der Waals surface area contributed by atoms with Crippen molar-refractivity contribution in [3.05, 3.63) is 32.7 Å². The van der Waals surface area contributed by atoms with Crippen LogP contribution in [-0.2, 0) is 0 Å². The highest BCUT2D eigenvalue weighted by Gasteiger charge is 2.12. The summed E-state index contributed by atoms with van der Waals surface area (Å²) in [7, 11) is 0. The van der Waals surface area contributed by atoms with E-state index in [1.165, 1.54) is 0 Å². The minimum atomic E-state index is 0.613. The third kappa shape index (κ3) is 1.41. The molecule has 0 aliphatic rings. The molecule has 0 aliphatic carbocycles. The number of nitrogens with zero attached hydrogens (tertiary/aromatic N) is 2. The highest BCUT2D eigenvalue weighted by atomic mass is 79.9. The lowest BCUT2D eigenvalue weighted by Gasteiger charge is -1.96. The number of rotatable bonds is 0. The number of aryl methyl sites for hydroxylation is 1. The fourth-order valence-corrected chi connectivity index (χ4v) is 1.25. The third-order valence-electron chi connectivity index (χ3n) is 1.66. The van der Waals surface area contributed by atoms with Crippen molar-refractivity contribution in [1.82, 2.24) is 0 Å². The van der Waals surface area contributed by atoms with Crippen LogP contribution >= 0.6 is 15.9 Å². The van der Waals surface area contributed by atoms with Gasteiger partial charge in [-0.15, -0.1) is 0 Å². The van der Waals surface area contributed by atoms with E-state index in [9.17, 15) is 0 Å². The van der Waals surface area contributed by atoms with Crippen LogP contribution in [0.5, 0.6) is 0 Å². The molecule has 0 saturated carbocycles. The second-order valence-electron chi connectivity index (χ2n) is 2.44. The standard InChI is InChI=1S/C8H8BrN2/c1-5-3-4-7(11-10)6(2)8(5)9/h3-4H,1-2H3/q+1. The maximum Gasteiger partial charge on any atom is 0.389 e. The van der Waals surface area contributed by atoms with E-state index in [0.717, 1.165) is 15.6 Å². The Morgan fingerprint density at radius 1 is 1.36 bits per heavy atom. The summed E-state index contributed by atoms with van der Waals surface area (Å²) in [6.45, 7) is 3.91. The normalized spacial score (nSPS) is 9.27. The Morgan fingerprint density at radius 3 is 2.55 bits per heavy atom. The summed E-state index contributed by atoms with van der Waals surface area (Å²) in [5.74, 6) is 0. The van der Waals surface area contributed by atoms with Crippen molar-refractivity contribution in [2.24, 2.45) is 0 Å². The molecule has 0 amide bonds. The summed E-state index contributed by atoms with van der Waals surface area (Å²) < 4.78 is 1.01. The predicted octanol–water partition coefficient (Wildman–Crippen LogP) is 3.55. The van der Waals surface area contributed by atoms with Crippen LogP contribution in [0.1, 0.15) is 11.1 Å². The SMILES string of the molecule is Cc1ccc([N+]#N)c(C)c1Br. The maximum absolute atomic E-state index is 8.54. The quantitative estimate of drug-likeness (QED) is 0.604. The van der Waals surface area contributed by atoms with Crippen molar-refractivity contribution in [3.8, 4) is 0 Å². The lowest BCUT2D eigenvalue weighted by molar-refractivity contribution is 1.33. The zero-order valence-corrected chi connectivity index (χ0v) is 8.01. The lowest BCUT2D eigenvalue weighted by Crippen LogP contribution is -1.80. The van der Waals surface area contributed by atoms with Gasteiger partial charge in [-0.1, -0.05) is 6.07 Å². The van der Waals surface area contributed by atoms with Crippen molar-refractivity contribution in [2.45, 2.75) is 13.8 Å². The van der Waals surface area contributed by atoms with E-state index < -0.39 is 0 Å². The number of diazo groups is 1. The number of hydrogen-bond acceptors (Lipinski definition) is 1. The molecule has 0 unspecified atom stereocenters. The topological polar surface area (TPSA) is 28.1 Å². The Labute approximate surface area is 74.0 Å². The second kappa shape index (κ2) is 3.02. The van der Waals surface area contributed by atoms with Crippen LogP contribution in [0.3, 0.4) is 0 Å². The molecule has 0 aromatic heterocycles. The molecule has 0 heterocycles. The van der Waals surface area contributed by atoms with Crippen LogP contribution in [0.4, 0.5) is 5.69 Å². The first kappa shape index (κ1) is 8.22. The Morgan fingerprint density at radius 2 is 2.00 bits per heavy atom. The number of hydrogen-bond donors (Lipinski definition) is 0. The smallest absolute Gasteiger partial charge is 0.0501 e. The van der Waals surface area contributed by atoms with Gasteiger partial charge >= 0.3 is 5.69 Å². The number of halogens is 1. The average Bonchev–Trinajstić information content (AvgIpc) is 2.01. The molecule has 0 aliphatic heterocycles. The second-order valence-corrected chi connectivity index (χ2v) is 3.23. The van der Waals surface area contributed by atoms with E-state index in [4.69, 9.17) is 5.39 Å². The van der Waals surface area contributed by atoms with E-state index >= 15 is 0 Å². The molecule has 0 bridgehead atoms. The van der Waals surface area contributed by atoms with Gasteiger partial charge in [0, 0.05) is 10.5 Å². The van der Waals surface area contributed by atoms with Crippen molar-refractivity contribution in [1.29, 1.82) is 5.39 Å². The summed E-state index contributed by atoms with van der Waals surface area (Å²) in [5, 5.41) is 8.54. The Balaban J connectivity index is 3.40. The van der Waals surface area contributed by atoms with Crippen molar-refractivity contribution in [3.63, 3.8) is 0 Å². The summed E-state index contributed by atoms with van der Waals surface area (Å²) in [4.78, 5) is 3.14. The molecule has 0 saturated heterocycles. The Hall–Kier alpha value is -0.880. The minimum absolute atomic E-state index is 0.613. The minimum Gasteiger partial charge on any atom is -0.0501 e. The van der Waals surface area contributed by atoms with Crippen LogP contribution < -0.4 is 0 Å². The van der Waals surface area contributed by atoms with Gasteiger partial charge in [-0.05, 0) is 35.3 Å². The van der Waals surface area contributed by atoms with E-state index in [0.29, 0.717) is 5.69 Å². The van der Waals surface area contributed by atoms with Gasteiger partial charge in [0.25, 0.3) is 0 Å². The van der Waals surface area contributed by atoms with Gasteiger partial charge in [0.05, 0.1) is 5.56 Å². The Kier molecular flexibility index (Phi) is 2.25. The summed E-state index contributed by atoms with van der Waals surface area (Å²) in [5.41, 5.74) is 2.73. The fourth-order valence-electron chi connectivity index (χ4n) is 0.919. The first-order chi connectivity index (χ1) is 5.16. The highest BCUT2D eigenvalue weighted by molar-refractivity contribution is 9.10. The van der Waals surface area contributed by atoms with Gasteiger partial charge in [-0.25, -0.2) is 0 Å². The van der Waals surface area contributed by atoms with Gasteiger partial charge < -0.3 is 0 Å². The first-order valence-electron chi connectivity index (χ1n) is 3.27. The van der Waals surface area contributed by atoms with Crippen LogP contribution in [0.15, 0.2) is 16.6 Å². The van der Waals surface area contributed by atoms with Gasteiger partial charge in [0.1, 0.15) is 0 Å². The molecule has 0 atom stereocenters. The highest BCUT2D eigenvalue weighted by Crippen LogP contribution is 2.28. The van der Waals surface area contributed by atoms with E-state index in [2.05, 4.69) is 20.9 Å². The molecule has 0 radical (unpaired) electrons. The lowest BCUT2D eigenvalue weighted by atomic mass is 10.1. The summed E-state index contributed by atoms with van der Waals surface area (Å²) in [6, 6.07) is 3.70.